The van der Waals surface area contributed by atoms with Gasteiger partial charge in [-0.2, -0.15) is 0 Å². The van der Waals surface area contributed by atoms with Gasteiger partial charge in [-0.25, -0.2) is 4.79 Å². The fourth-order valence-electron chi connectivity index (χ4n) is 4.17. The number of rotatable bonds is 5. The van der Waals surface area contributed by atoms with Crippen molar-refractivity contribution in [2.75, 3.05) is 13.1 Å². The van der Waals surface area contributed by atoms with Crippen molar-refractivity contribution in [3.05, 3.63) is 34.9 Å². The summed E-state index contributed by atoms with van der Waals surface area (Å²) in [5.74, 6) is 0.333. The number of alkyl carbamates (subject to hydrolysis) is 1. The number of carbonyl (C=O) groups is 2. The fraction of sp³-hybridized carbons (Fsp3) is 0.667. The van der Waals surface area contributed by atoms with Crippen LogP contribution in [-0.4, -0.2) is 41.6 Å². The van der Waals surface area contributed by atoms with Crippen molar-refractivity contribution in [2.45, 2.75) is 78.9 Å². The van der Waals surface area contributed by atoms with Crippen molar-refractivity contribution >= 4 is 23.6 Å². The third kappa shape index (κ3) is 6.37. The van der Waals surface area contributed by atoms with Crippen LogP contribution in [0.25, 0.3) is 0 Å². The summed E-state index contributed by atoms with van der Waals surface area (Å²) in [7, 11) is 0. The van der Waals surface area contributed by atoms with E-state index in [9.17, 15) is 9.59 Å². The number of carbonyl (C=O) groups excluding carboxylic acids is 2. The maximum atomic E-state index is 13.4. The van der Waals surface area contributed by atoms with Crippen molar-refractivity contribution in [1.82, 2.24) is 10.2 Å². The lowest BCUT2D eigenvalue weighted by atomic mass is 9.70. The minimum Gasteiger partial charge on any atom is -0.444 e. The molecule has 6 heteroatoms. The maximum Gasteiger partial charge on any atom is 0.408 e. The first kappa shape index (κ1) is 24.5. The van der Waals surface area contributed by atoms with Crippen LogP contribution in [0.4, 0.5) is 4.79 Å². The molecule has 168 valence electrons. The van der Waals surface area contributed by atoms with Crippen LogP contribution in [0, 0.1) is 11.3 Å². The van der Waals surface area contributed by atoms with E-state index in [1.165, 1.54) is 5.56 Å². The molecule has 0 bridgehead atoms. The van der Waals surface area contributed by atoms with E-state index in [1.54, 1.807) is 0 Å². The predicted molar refractivity (Wildman–Crippen MR) is 122 cm³/mol. The summed E-state index contributed by atoms with van der Waals surface area (Å²) in [4.78, 5) is 27.7. The van der Waals surface area contributed by atoms with Crippen LogP contribution in [0.2, 0.25) is 5.02 Å². The van der Waals surface area contributed by atoms with E-state index in [1.807, 2.05) is 51.7 Å². The molecule has 1 aliphatic rings. The Morgan fingerprint density at radius 2 is 1.87 bits per heavy atom. The highest BCUT2D eigenvalue weighted by Crippen LogP contribution is 2.42. The van der Waals surface area contributed by atoms with E-state index < -0.39 is 17.7 Å². The van der Waals surface area contributed by atoms with Gasteiger partial charge < -0.3 is 15.0 Å². The first-order chi connectivity index (χ1) is 13.8. The molecular formula is C24H37ClN2O3. The van der Waals surface area contributed by atoms with Gasteiger partial charge in [-0.3, -0.25) is 4.79 Å². The molecule has 0 saturated carbocycles. The molecule has 30 heavy (non-hydrogen) atoms. The molecule has 5 nitrogen and oxygen atoms in total. The lowest BCUT2D eigenvalue weighted by molar-refractivity contribution is -0.138. The molecule has 1 saturated heterocycles. The average molecular weight is 437 g/mol. The van der Waals surface area contributed by atoms with E-state index in [0.717, 1.165) is 17.9 Å². The van der Waals surface area contributed by atoms with Gasteiger partial charge in [0.1, 0.15) is 11.6 Å². The number of hydrogen-bond donors (Lipinski definition) is 1. The molecule has 0 aromatic heterocycles. The Bertz CT molecular complexity index is 740. The number of ether oxygens (including phenoxy) is 1. The van der Waals surface area contributed by atoms with Gasteiger partial charge in [0.05, 0.1) is 0 Å². The molecule has 1 fully saturated rings. The Morgan fingerprint density at radius 1 is 1.27 bits per heavy atom. The zero-order chi connectivity index (χ0) is 22.7. The van der Waals surface area contributed by atoms with Crippen LogP contribution in [0.1, 0.15) is 72.8 Å². The summed E-state index contributed by atoms with van der Waals surface area (Å²) < 4.78 is 5.39. The summed E-state index contributed by atoms with van der Waals surface area (Å²) in [6.45, 7) is 15.2. The van der Waals surface area contributed by atoms with Crippen LogP contribution in [-0.2, 0) is 9.53 Å². The quantitative estimate of drug-likeness (QED) is 0.651. The van der Waals surface area contributed by atoms with E-state index in [2.05, 4.69) is 31.3 Å². The van der Waals surface area contributed by atoms with Gasteiger partial charge in [-0.15, -0.1) is 0 Å². The average Bonchev–Trinajstić information content (AvgIpc) is 2.63. The van der Waals surface area contributed by atoms with Crippen LogP contribution in [0.15, 0.2) is 24.3 Å². The molecular weight excluding hydrogens is 400 g/mol. The lowest BCUT2D eigenvalue weighted by Gasteiger charge is -2.46. The summed E-state index contributed by atoms with van der Waals surface area (Å²) in [6, 6.07) is 7.42. The summed E-state index contributed by atoms with van der Waals surface area (Å²) in [6.07, 6.45) is 1.12. The van der Waals surface area contributed by atoms with E-state index >= 15 is 0 Å². The van der Waals surface area contributed by atoms with Crippen LogP contribution < -0.4 is 5.32 Å². The molecule has 1 N–H and O–H groups in total. The molecule has 1 heterocycles. The smallest absolute Gasteiger partial charge is 0.408 e. The molecule has 1 aliphatic heterocycles. The predicted octanol–water partition coefficient (Wildman–Crippen LogP) is 5.62. The SMILES string of the molecule is CCC(C)C(NC(=O)OC(C)(C)C)C(=O)N1CCC(c2ccc(Cl)cc2)C(C)(C)C1. The van der Waals surface area contributed by atoms with Crippen molar-refractivity contribution in [1.29, 1.82) is 0 Å². The fourth-order valence-corrected chi connectivity index (χ4v) is 4.30. The van der Waals surface area contributed by atoms with E-state index in [0.29, 0.717) is 19.0 Å². The lowest BCUT2D eigenvalue weighted by Crippen LogP contribution is -2.56. The van der Waals surface area contributed by atoms with Gasteiger partial charge in [0.25, 0.3) is 0 Å². The Balaban J connectivity index is 2.13. The number of hydrogen-bond acceptors (Lipinski definition) is 3. The Morgan fingerprint density at radius 3 is 2.37 bits per heavy atom. The van der Waals surface area contributed by atoms with E-state index in [-0.39, 0.29) is 17.2 Å². The van der Waals surface area contributed by atoms with Crippen LogP contribution >= 0.6 is 11.6 Å². The first-order valence-electron chi connectivity index (χ1n) is 10.9. The maximum absolute atomic E-state index is 13.4. The normalized spacial score (nSPS) is 20.9. The van der Waals surface area contributed by atoms with Gasteiger partial charge in [-0.05, 0) is 62.1 Å². The zero-order valence-electron chi connectivity index (χ0n) is 19.4. The molecule has 3 atom stereocenters. The number of benzene rings is 1. The molecule has 2 amide bonds. The standard InChI is InChI=1S/C24H37ClN2O3/c1-8-16(2)20(26-22(29)30-23(3,4)5)21(28)27-14-13-19(24(6,7)15-27)17-9-11-18(25)12-10-17/h9-12,16,19-20H,8,13-15H2,1-7H3,(H,26,29). The second-order valence-corrected chi connectivity index (χ2v) is 10.6. The minimum atomic E-state index is -0.605. The highest BCUT2D eigenvalue weighted by molar-refractivity contribution is 6.30. The number of halogens is 1. The largest absolute Gasteiger partial charge is 0.444 e. The summed E-state index contributed by atoms with van der Waals surface area (Å²) >= 11 is 6.05. The van der Waals surface area contributed by atoms with Crippen LogP contribution in [0.3, 0.4) is 0 Å². The highest BCUT2D eigenvalue weighted by atomic mass is 35.5. The Labute approximate surface area is 186 Å². The van der Waals surface area contributed by atoms with Gasteiger partial charge in [-0.1, -0.05) is 57.8 Å². The zero-order valence-corrected chi connectivity index (χ0v) is 20.2. The second kappa shape index (κ2) is 9.59. The highest BCUT2D eigenvalue weighted by Gasteiger charge is 2.41. The third-order valence-electron chi connectivity index (χ3n) is 5.96. The number of likely N-dealkylation sites (tertiary alicyclic amines) is 1. The third-order valence-corrected chi connectivity index (χ3v) is 6.22. The van der Waals surface area contributed by atoms with Crippen LogP contribution in [0.5, 0.6) is 0 Å². The van der Waals surface area contributed by atoms with Gasteiger partial charge in [0.15, 0.2) is 0 Å². The molecule has 2 rings (SSSR count). The second-order valence-electron chi connectivity index (χ2n) is 10.2. The number of amides is 2. The number of nitrogens with one attached hydrogen (secondary N) is 1. The van der Waals surface area contributed by atoms with Gasteiger partial charge in [0, 0.05) is 18.1 Å². The first-order valence-corrected chi connectivity index (χ1v) is 11.3. The minimum absolute atomic E-state index is 0.0159. The van der Waals surface area contributed by atoms with Crippen molar-refractivity contribution in [2.24, 2.45) is 11.3 Å². The van der Waals surface area contributed by atoms with E-state index in [4.69, 9.17) is 16.3 Å². The monoisotopic (exact) mass is 436 g/mol. The molecule has 0 radical (unpaired) electrons. The topological polar surface area (TPSA) is 58.6 Å². The van der Waals surface area contributed by atoms with Gasteiger partial charge in [0.2, 0.25) is 5.91 Å². The summed E-state index contributed by atoms with van der Waals surface area (Å²) in [5, 5.41) is 3.56. The number of nitrogens with zero attached hydrogens (tertiary/aromatic N) is 1. The molecule has 0 spiro atoms. The Kier molecular flexibility index (Phi) is 7.84. The Hall–Kier alpha value is -1.75. The molecule has 3 unspecified atom stereocenters. The van der Waals surface area contributed by atoms with Crippen molar-refractivity contribution < 1.29 is 14.3 Å². The van der Waals surface area contributed by atoms with Crippen molar-refractivity contribution in [3.8, 4) is 0 Å². The van der Waals surface area contributed by atoms with Crippen molar-refractivity contribution in [3.63, 3.8) is 0 Å². The molecule has 0 aliphatic carbocycles. The molecule has 1 aromatic rings. The van der Waals surface area contributed by atoms with Gasteiger partial charge >= 0.3 is 6.09 Å². The summed E-state index contributed by atoms with van der Waals surface area (Å²) in [5.41, 5.74) is 0.557. The molecule has 1 aromatic carbocycles. The number of piperidine rings is 1.